The highest BCUT2D eigenvalue weighted by molar-refractivity contribution is 6.34. The smallest absolute Gasteiger partial charge is 0.417 e. The molecule has 0 fully saturated rings. The molecule has 2 aromatic carbocycles. The highest BCUT2D eigenvalue weighted by Gasteiger charge is 2.41. The number of aromatic nitrogens is 2. The number of hydrogen-bond donors (Lipinski definition) is 2. The van der Waals surface area contributed by atoms with Gasteiger partial charge in [0.15, 0.2) is 5.78 Å². The summed E-state index contributed by atoms with van der Waals surface area (Å²) in [7, 11) is 0. The molecule has 1 heterocycles. The second-order valence-electron chi connectivity index (χ2n) is 7.84. The molecule has 1 aliphatic rings. The average Bonchev–Trinajstić information content (AvgIpc) is 3.19. The summed E-state index contributed by atoms with van der Waals surface area (Å²) >= 11 is 6.08. The van der Waals surface area contributed by atoms with E-state index >= 15 is 0 Å². The molecule has 1 aliphatic carbocycles. The number of aromatic carboxylic acids is 1. The average molecular weight is 463 g/mol. The van der Waals surface area contributed by atoms with E-state index in [-0.39, 0.29) is 16.5 Å². The summed E-state index contributed by atoms with van der Waals surface area (Å²) in [5.74, 6) is -2.63. The van der Waals surface area contributed by atoms with Crippen molar-refractivity contribution in [3.63, 3.8) is 0 Å². The molecule has 32 heavy (non-hydrogen) atoms. The van der Waals surface area contributed by atoms with Crippen LogP contribution in [0.2, 0.25) is 5.02 Å². The van der Waals surface area contributed by atoms with Crippen LogP contribution in [0.4, 0.5) is 13.2 Å². The number of nitrogens with zero attached hydrogens (tertiary/aromatic N) is 1. The number of ketones is 1. The van der Waals surface area contributed by atoms with E-state index in [0.29, 0.717) is 35.4 Å². The van der Waals surface area contributed by atoms with Gasteiger partial charge in [-0.15, -0.1) is 0 Å². The number of carbonyl (C=O) groups is 2. The SMILES string of the molecule is CC1CCC(C(=O)c2c(Cl)cccc2C(F)(F)F)c2c(-c3ccc(C(=O)O)cc3)n[nH]c21. The second-order valence-corrected chi connectivity index (χ2v) is 8.24. The summed E-state index contributed by atoms with van der Waals surface area (Å²) in [6.45, 7) is 1.95. The molecule has 4 rings (SSSR count). The van der Waals surface area contributed by atoms with Gasteiger partial charge in [0.2, 0.25) is 0 Å². The van der Waals surface area contributed by atoms with E-state index in [0.717, 1.165) is 6.07 Å². The van der Waals surface area contributed by atoms with Crippen LogP contribution in [0.15, 0.2) is 42.5 Å². The Morgan fingerprint density at radius 3 is 2.44 bits per heavy atom. The molecule has 0 aliphatic heterocycles. The lowest BCUT2D eigenvalue weighted by Crippen LogP contribution is -2.23. The molecule has 0 saturated carbocycles. The number of H-pyrrole nitrogens is 1. The number of benzene rings is 2. The number of carboxylic acid groups (broad SMARTS) is 1. The maximum atomic E-state index is 13.6. The van der Waals surface area contributed by atoms with Crippen LogP contribution in [0.1, 0.15) is 69.1 Å². The first-order chi connectivity index (χ1) is 15.1. The van der Waals surface area contributed by atoms with Crippen LogP contribution in [0.3, 0.4) is 0 Å². The zero-order valence-corrected chi connectivity index (χ0v) is 17.6. The number of hydrogen-bond acceptors (Lipinski definition) is 3. The van der Waals surface area contributed by atoms with Crippen molar-refractivity contribution in [1.82, 2.24) is 10.2 Å². The number of carbonyl (C=O) groups excluding carboxylic acids is 1. The van der Waals surface area contributed by atoms with Crippen LogP contribution < -0.4 is 0 Å². The lowest BCUT2D eigenvalue weighted by atomic mass is 9.75. The summed E-state index contributed by atoms with van der Waals surface area (Å²) in [5, 5.41) is 16.1. The fourth-order valence-corrected chi connectivity index (χ4v) is 4.50. The van der Waals surface area contributed by atoms with Crippen molar-refractivity contribution in [3.05, 3.63) is 75.4 Å². The van der Waals surface area contributed by atoms with Gasteiger partial charge in [0, 0.05) is 22.4 Å². The fourth-order valence-electron chi connectivity index (χ4n) is 4.24. The molecule has 5 nitrogen and oxygen atoms in total. The van der Waals surface area contributed by atoms with Gasteiger partial charge >= 0.3 is 12.1 Å². The normalized spacial score (nSPS) is 18.3. The first-order valence-corrected chi connectivity index (χ1v) is 10.3. The van der Waals surface area contributed by atoms with Crippen molar-refractivity contribution >= 4 is 23.4 Å². The Bertz CT molecular complexity index is 1200. The molecule has 0 saturated heterocycles. The first kappa shape index (κ1) is 22.1. The number of nitrogens with one attached hydrogen (secondary N) is 1. The summed E-state index contributed by atoms with van der Waals surface area (Å²) in [5.41, 5.74) is 0.686. The molecular formula is C23H18ClF3N2O3. The van der Waals surface area contributed by atoms with Crippen LogP contribution in [0.5, 0.6) is 0 Å². The highest BCUT2D eigenvalue weighted by Crippen LogP contribution is 2.46. The van der Waals surface area contributed by atoms with Crippen LogP contribution in [-0.4, -0.2) is 27.1 Å². The third kappa shape index (κ3) is 3.79. The molecule has 9 heteroatoms. The van der Waals surface area contributed by atoms with Gasteiger partial charge in [-0.05, 0) is 43.0 Å². The minimum atomic E-state index is -4.73. The Hall–Kier alpha value is -3.13. The third-order valence-electron chi connectivity index (χ3n) is 5.85. The van der Waals surface area contributed by atoms with E-state index in [1.807, 2.05) is 6.92 Å². The molecule has 1 aromatic heterocycles. The van der Waals surface area contributed by atoms with Gasteiger partial charge in [0.05, 0.1) is 27.8 Å². The first-order valence-electron chi connectivity index (χ1n) is 9.91. The quantitative estimate of drug-likeness (QED) is 0.445. The van der Waals surface area contributed by atoms with E-state index in [1.165, 1.54) is 24.3 Å². The summed E-state index contributed by atoms with van der Waals surface area (Å²) < 4.78 is 40.9. The lowest BCUT2D eigenvalue weighted by Gasteiger charge is -2.27. The monoisotopic (exact) mass is 462 g/mol. The van der Waals surface area contributed by atoms with E-state index in [4.69, 9.17) is 16.7 Å². The minimum Gasteiger partial charge on any atom is -0.478 e. The maximum Gasteiger partial charge on any atom is 0.417 e. The molecule has 2 unspecified atom stereocenters. The standard InChI is InChI=1S/C23H18ClF3N2O3/c1-11-5-10-14(21(30)18-15(23(25,26)27)3-2-4-16(18)24)17-19(11)28-29-20(17)12-6-8-13(9-7-12)22(31)32/h2-4,6-9,11,14H,5,10H2,1H3,(H,28,29)(H,31,32). The van der Waals surface area contributed by atoms with Crippen molar-refractivity contribution in [2.45, 2.75) is 37.8 Å². The molecule has 0 amide bonds. The Morgan fingerprint density at radius 2 is 1.81 bits per heavy atom. The van der Waals surface area contributed by atoms with Crippen molar-refractivity contribution in [3.8, 4) is 11.3 Å². The van der Waals surface area contributed by atoms with Crippen LogP contribution >= 0.6 is 11.6 Å². The Labute approximate surface area is 186 Å². The molecule has 2 N–H and O–H groups in total. The molecule has 0 spiro atoms. The topological polar surface area (TPSA) is 83.1 Å². The van der Waals surface area contributed by atoms with Crippen molar-refractivity contribution in [2.75, 3.05) is 0 Å². The lowest BCUT2D eigenvalue weighted by molar-refractivity contribution is -0.137. The van der Waals surface area contributed by atoms with Gasteiger partial charge in [0.25, 0.3) is 0 Å². The number of fused-ring (bicyclic) bond motifs is 1. The number of rotatable bonds is 4. The van der Waals surface area contributed by atoms with Gasteiger partial charge in [-0.25, -0.2) is 4.79 Å². The number of Topliss-reactive ketones (excluding diaryl/α,β-unsaturated/α-hetero) is 1. The van der Waals surface area contributed by atoms with E-state index in [2.05, 4.69) is 10.2 Å². The minimum absolute atomic E-state index is 0.0296. The van der Waals surface area contributed by atoms with Crippen LogP contribution in [0.25, 0.3) is 11.3 Å². The van der Waals surface area contributed by atoms with Crippen LogP contribution in [-0.2, 0) is 6.18 Å². The fraction of sp³-hybridized carbons (Fsp3) is 0.261. The number of halogens is 4. The Kier molecular flexibility index (Phi) is 5.58. The van der Waals surface area contributed by atoms with Gasteiger partial charge in [-0.1, -0.05) is 36.7 Å². The summed E-state index contributed by atoms with van der Waals surface area (Å²) in [4.78, 5) is 24.6. The van der Waals surface area contributed by atoms with Crippen molar-refractivity contribution in [1.29, 1.82) is 0 Å². The van der Waals surface area contributed by atoms with E-state index in [1.54, 1.807) is 12.1 Å². The van der Waals surface area contributed by atoms with E-state index < -0.39 is 35.0 Å². The number of aromatic amines is 1. The molecule has 0 radical (unpaired) electrons. The number of carboxylic acids is 1. The third-order valence-corrected chi connectivity index (χ3v) is 6.17. The Morgan fingerprint density at radius 1 is 1.12 bits per heavy atom. The molecular weight excluding hydrogens is 445 g/mol. The van der Waals surface area contributed by atoms with Gasteiger partial charge in [-0.3, -0.25) is 9.89 Å². The molecule has 3 aromatic rings. The summed E-state index contributed by atoms with van der Waals surface area (Å²) in [6.07, 6.45) is -3.80. The number of alkyl halides is 3. The highest BCUT2D eigenvalue weighted by atomic mass is 35.5. The van der Waals surface area contributed by atoms with Gasteiger partial charge in [0.1, 0.15) is 0 Å². The predicted molar refractivity (Wildman–Crippen MR) is 112 cm³/mol. The summed E-state index contributed by atoms with van der Waals surface area (Å²) in [6, 6.07) is 9.26. The van der Waals surface area contributed by atoms with Gasteiger partial charge < -0.3 is 5.11 Å². The predicted octanol–water partition coefficient (Wildman–Crippen LogP) is 6.31. The van der Waals surface area contributed by atoms with Crippen molar-refractivity contribution in [2.24, 2.45) is 0 Å². The zero-order valence-electron chi connectivity index (χ0n) is 16.8. The largest absolute Gasteiger partial charge is 0.478 e. The maximum absolute atomic E-state index is 13.6. The second kappa shape index (κ2) is 8.09. The zero-order chi connectivity index (χ0) is 23.2. The van der Waals surface area contributed by atoms with Gasteiger partial charge in [-0.2, -0.15) is 18.3 Å². The van der Waals surface area contributed by atoms with Crippen LogP contribution in [0, 0.1) is 0 Å². The molecule has 0 bridgehead atoms. The Balaban J connectivity index is 1.84. The molecule has 2 atom stereocenters. The van der Waals surface area contributed by atoms with E-state index in [9.17, 15) is 22.8 Å². The van der Waals surface area contributed by atoms with Crippen molar-refractivity contribution < 1.29 is 27.9 Å². The molecule has 166 valence electrons.